The van der Waals surface area contributed by atoms with Crippen LogP contribution in [0.4, 0.5) is 5.82 Å². The van der Waals surface area contributed by atoms with Crippen LogP contribution in [0.5, 0.6) is 5.75 Å². The number of nitrogen functional groups attached to an aromatic ring is 1. The van der Waals surface area contributed by atoms with Crippen molar-refractivity contribution < 1.29 is 9.90 Å². The average molecular weight is 421 g/mol. The van der Waals surface area contributed by atoms with Crippen molar-refractivity contribution in [3.8, 4) is 17.1 Å². The van der Waals surface area contributed by atoms with Crippen LogP contribution in [0.3, 0.4) is 0 Å². The molecule has 5 N–H and O–H groups in total. The van der Waals surface area contributed by atoms with Gasteiger partial charge in [-0.05, 0) is 51.1 Å². The molecule has 4 aromatic rings. The van der Waals surface area contributed by atoms with Crippen LogP contribution in [0.1, 0.15) is 27.0 Å². The molecule has 0 saturated heterocycles. The Bertz CT molecular complexity index is 1180. The molecule has 0 radical (unpaired) electrons. The largest absolute Gasteiger partial charge is 0.508 e. The molecule has 1 aromatic carbocycles. The normalized spacial score (nSPS) is 10.0. The van der Waals surface area contributed by atoms with E-state index >= 15 is 0 Å². The van der Waals surface area contributed by atoms with Crippen LogP contribution < -0.4 is 11.5 Å². The standard InChI is InChI=1S/C14H13N5O.C8H10O.CH5N/c1-8-3-4-10(16-5-8)11-6-17-14-12(18-11)9(7-20)13(15)19(14)2;1-6-3-4-8(9)7(2)5-6;1-2/h3-7H,15H2,1-2H3;3-5,9H,1-2H3;2H2,1H3. The number of hydrogen-bond acceptors (Lipinski definition) is 7. The van der Waals surface area contributed by atoms with E-state index in [0.717, 1.165) is 11.1 Å². The fourth-order valence-electron chi connectivity index (χ4n) is 2.89. The van der Waals surface area contributed by atoms with Crippen LogP contribution >= 0.6 is 0 Å². The number of benzene rings is 1. The number of rotatable bonds is 2. The Balaban J connectivity index is 0.000000261. The highest BCUT2D eigenvalue weighted by Gasteiger charge is 2.16. The number of carbonyl (C=O) groups excluding carboxylic acids is 1. The van der Waals surface area contributed by atoms with Gasteiger partial charge in [0.15, 0.2) is 11.9 Å². The minimum atomic E-state index is 0.365. The number of phenols is 1. The summed E-state index contributed by atoms with van der Waals surface area (Å²) in [4.78, 5) is 24.3. The van der Waals surface area contributed by atoms with E-state index in [0.29, 0.717) is 46.0 Å². The van der Waals surface area contributed by atoms with Gasteiger partial charge in [-0.15, -0.1) is 0 Å². The zero-order chi connectivity index (χ0) is 23.1. The Hall–Kier alpha value is -3.78. The first kappa shape index (κ1) is 23.5. The van der Waals surface area contributed by atoms with Crippen LogP contribution in [-0.2, 0) is 7.05 Å². The molecule has 31 heavy (non-hydrogen) atoms. The number of carbonyl (C=O) groups is 1. The van der Waals surface area contributed by atoms with Gasteiger partial charge in [-0.1, -0.05) is 23.8 Å². The molecular weight excluding hydrogens is 392 g/mol. The van der Waals surface area contributed by atoms with Crippen molar-refractivity contribution >= 4 is 23.3 Å². The number of aromatic hydroxyl groups is 1. The quantitative estimate of drug-likeness (QED) is 0.424. The molecule has 0 fully saturated rings. The van der Waals surface area contributed by atoms with E-state index in [9.17, 15) is 4.79 Å². The lowest BCUT2D eigenvalue weighted by Crippen LogP contribution is -1.98. The molecule has 3 heterocycles. The molecule has 0 saturated carbocycles. The number of nitrogens with two attached hydrogens (primary N) is 2. The SMILES string of the molecule is CN.Cc1ccc(-c2cnc3c(n2)c(C=O)c(N)n3C)nc1.Cc1ccc(O)c(C)c1. The van der Waals surface area contributed by atoms with Gasteiger partial charge in [-0.3, -0.25) is 9.78 Å². The van der Waals surface area contributed by atoms with Crippen molar-refractivity contribution in [3.05, 3.63) is 65.0 Å². The topological polar surface area (TPSA) is 133 Å². The number of aromatic nitrogens is 4. The van der Waals surface area contributed by atoms with Gasteiger partial charge in [0.25, 0.3) is 0 Å². The van der Waals surface area contributed by atoms with Gasteiger partial charge in [0.05, 0.1) is 17.5 Å². The Morgan fingerprint density at radius 2 is 1.65 bits per heavy atom. The molecular formula is C23H28N6O2. The molecule has 8 heteroatoms. The van der Waals surface area contributed by atoms with Gasteiger partial charge in [0.2, 0.25) is 0 Å². The van der Waals surface area contributed by atoms with Crippen LogP contribution in [0.2, 0.25) is 0 Å². The van der Waals surface area contributed by atoms with Gasteiger partial charge in [0, 0.05) is 13.2 Å². The second kappa shape index (κ2) is 10.3. The Kier molecular flexibility index (Phi) is 7.81. The molecule has 0 aliphatic rings. The van der Waals surface area contributed by atoms with Gasteiger partial charge in [-0.2, -0.15) is 0 Å². The first-order chi connectivity index (χ1) is 14.8. The second-order valence-electron chi connectivity index (χ2n) is 6.91. The van der Waals surface area contributed by atoms with Crippen LogP contribution in [0, 0.1) is 20.8 Å². The molecule has 8 nitrogen and oxygen atoms in total. The summed E-state index contributed by atoms with van der Waals surface area (Å²) < 4.78 is 1.65. The second-order valence-corrected chi connectivity index (χ2v) is 6.91. The zero-order valence-corrected chi connectivity index (χ0v) is 18.4. The molecule has 3 aromatic heterocycles. The number of aldehydes is 1. The highest BCUT2D eigenvalue weighted by molar-refractivity contribution is 6.00. The smallest absolute Gasteiger partial charge is 0.160 e. The van der Waals surface area contributed by atoms with Crippen molar-refractivity contribution in [1.82, 2.24) is 19.5 Å². The number of pyridine rings is 1. The summed E-state index contributed by atoms with van der Waals surface area (Å²) in [6.45, 7) is 5.86. The number of nitrogens with zero attached hydrogens (tertiary/aromatic N) is 4. The van der Waals surface area contributed by atoms with Gasteiger partial charge < -0.3 is 21.1 Å². The lowest BCUT2D eigenvalue weighted by Gasteiger charge is -2.01. The number of aryl methyl sites for hydroxylation is 4. The average Bonchev–Trinajstić information content (AvgIpc) is 3.02. The van der Waals surface area contributed by atoms with E-state index in [-0.39, 0.29) is 0 Å². The first-order valence-electron chi connectivity index (χ1n) is 9.65. The molecule has 0 aliphatic carbocycles. The third-order valence-corrected chi connectivity index (χ3v) is 4.61. The van der Waals surface area contributed by atoms with Gasteiger partial charge >= 0.3 is 0 Å². The lowest BCUT2D eigenvalue weighted by molar-refractivity contribution is 0.112. The molecule has 0 aliphatic heterocycles. The fraction of sp³-hybridized carbons (Fsp3) is 0.217. The number of anilines is 1. The van der Waals surface area contributed by atoms with Gasteiger partial charge in [-0.25, -0.2) is 9.97 Å². The van der Waals surface area contributed by atoms with E-state index in [1.807, 2.05) is 45.0 Å². The highest BCUT2D eigenvalue weighted by Crippen LogP contribution is 2.25. The maximum atomic E-state index is 11.2. The van der Waals surface area contributed by atoms with E-state index in [1.54, 1.807) is 30.1 Å². The number of fused-ring (bicyclic) bond motifs is 1. The summed E-state index contributed by atoms with van der Waals surface area (Å²) in [6.07, 6.45) is 4.11. The predicted molar refractivity (Wildman–Crippen MR) is 124 cm³/mol. The summed E-state index contributed by atoms with van der Waals surface area (Å²) in [5.41, 5.74) is 16.3. The van der Waals surface area contributed by atoms with E-state index in [2.05, 4.69) is 20.7 Å². The van der Waals surface area contributed by atoms with Crippen LogP contribution in [0.15, 0.2) is 42.7 Å². The summed E-state index contributed by atoms with van der Waals surface area (Å²) in [7, 11) is 3.25. The third kappa shape index (κ3) is 5.23. The van der Waals surface area contributed by atoms with E-state index in [4.69, 9.17) is 10.8 Å². The Morgan fingerprint density at radius 1 is 0.968 bits per heavy atom. The highest BCUT2D eigenvalue weighted by atomic mass is 16.3. The van der Waals surface area contributed by atoms with Crippen molar-refractivity contribution in [3.63, 3.8) is 0 Å². The van der Waals surface area contributed by atoms with Gasteiger partial charge in [0.1, 0.15) is 22.8 Å². The monoisotopic (exact) mass is 420 g/mol. The fourth-order valence-corrected chi connectivity index (χ4v) is 2.89. The molecule has 0 spiro atoms. The Labute approximate surface area is 181 Å². The number of hydrogen-bond donors (Lipinski definition) is 3. The Morgan fingerprint density at radius 3 is 2.19 bits per heavy atom. The summed E-state index contributed by atoms with van der Waals surface area (Å²) >= 11 is 0. The lowest BCUT2D eigenvalue weighted by atomic mass is 10.1. The van der Waals surface area contributed by atoms with Crippen molar-refractivity contribution in [2.24, 2.45) is 12.8 Å². The van der Waals surface area contributed by atoms with E-state index in [1.165, 1.54) is 12.6 Å². The minimum Gasteiger partial charge on any atom is -0.508 e. The maximum Gasteiger partial charge on any atom is 0.160 e. The summed E-state index contributed by atoms with van der Waals surface area (Å²) in [5.74, 6) is 0.740. The van der Waals surface area contributed by atoms with Crippen molar-refractivity contribution in [2.75, 3.05) is 12.8 Å². The molecule has 0 unspecified atom stereocenters. The molecule has 4 rings (SSSR count). The van der Waals surface area contributed by atoms with Crippen molar-refractivity contribution in [1.29, 1.82) is 0 Å². The van der Waals surface area contributed by atoms with E-state index < -0.39 is 0 Å². The third-order valence-electron chi connectivity index (χ3n) is 4.61. The van der Waals surface area contributed by atoms with Crippen molar-refractivity contribution in [2.45, 2.75) is 20.8 Å². The first-order valence-corrected chi connectivity index (χ1v) is 9.65. The van der Waals surface area contributed by atoms with Crippen LogP contribution in [-0.4, -0.2) is 38.0 Å². The minimum absolute atomic E-state index is 0.365. The predicted octanol–water partition coefficient (Wildman–Crippen LogP) is 3.32. The maximum absolute atomic E-state index is 11.2. The zero-order valence-electron chi connectivity index (χ0n) is 18.4. The molecule has 0 bridgehead atoms. The summed E-state index contributed by atoms with van der Waals surface area (Å²) in [6, 6.07) is 9.38. The number of phenolic OH excluding ortho intramolecular Hbond substituents is 1. The molecule has 0 atom stereocenters. The van der Waals surface area contributed by atoms with Crippen LogP contribution in [0.25, 0.3) is 22.6 Å². The summed E-state index contributed by atoms with van der Waals surface area (Å²) in [5, 5.41) is 9.04. The molecule has 0 amide bonds. The molecule has 162 valence electrons.